The Morgan fingerprint density at radius 1 is 1.29 bits per heavy atom. The summed E-state index contributed by atoms with van der Waals surface area (Å²) in [6, 6.07) is 0. The fourth-order valence-electron chi connectivity index (χ4n) is 2.14. The topological polar surface area (TPSA) is 73.5 Å². The Morgan fingerprint density at radius 3 is 2.41 bits per heavy atom. The molecule has 6 nitrogen and oxygen atoms in total. The molecule has 2 atom stereocenters. The van der Waals surface area contributed by atoms with Gasteiger partial charge in [-0.1, -0.05) is 0 Å². The molecule has 0 amide bonds. The summed E-state index contributed by atoms with van der Waals surface area (Å²) in [4.78, 5) is 10.4. The number of nitrogens with two attached hydrogens (primary N) is 1. The van der Waals surface area contributed by atoms with Crippen LogP contribution in [-0.2, 0) is 9.47 Å². The third-order valence-electron chi connectivity index (χ3n) is 3.08. The van der Waals surface area contributed by atoms with Gasteiger partial charge < -0.3 is 20.1 Å². The van der Waals surface area contributed by atoms with Gasteiger partial charge in [-0.05, 0) is 6.92 Å². The number of anilines is 2. The number of aromatic nitrogens is 2. The number of hydrogen-bond acceptors (Lipinski definition) is 6. The Balaban J connectivity index is 2.21. The second kappa shape index (κ2) is 4.85. The number of nitrogens with zero attached hydrogens (tertiary/aromatic N) is 3. The van der Waals surface area contributed by atoms with E-state index in [9.17, 15) is 0 Å². The van der Waals surface area contributed by atoms with Crippen molar-refractivity contribution in [1.82, 2.24) is 9.97 Å². The van der Waals surface area contributed by atoms with Gasteiger partial charge in [-0.25, -0.2) is 4.98 Å². The smallest absolute Gasteiger partial charge is 0.221 e. The maximum Gasteiger partial charge on any atom is 0.221 e. The fourth-order valence-corrected chi connectivity index (χ4v) is 2.14. The van der Waals surface area contributed by atoms with Gasteiger partial charge in [0, 0.05) is 39.1 Å². The maximum atomic E-state index is 5.62. The average Bonchev–Trinajstić information content (AvgIpc) is 2.75. The Kier molecular flexibility index (Phi) is 3.44. The van der Waals surface area contributed by atoms with E-state index in [-0.39, 0.29) is 12.2 Å². The monoisotopic (exact) mass is 238 g/mol. The van der Waals surface area contributed by atoms with Gasteiger partial charge in [0.2, 0.25) is 5.95 Å². The van der Waals surface area contributed by atoms with Crippen LogP contribution in [0.3, 0.4) is 0 Å². The van der Waals surface area contributed by atoms with E-state index >= 15 is 0 Å². The third-order valence-corrected chi connectivity index (χ3v) is 3.08. The summed E-state index contributed by atoms with van der Waals surface area (Å²) < 4.78 is 10.8. The highest BCUT2D eigenvalue weighted by atomic mass is 16.5. The van der Waals surface area contributed by atoms with Gasteiger partial charge in [-0.2, -0.15) is 4.98 Å². The van der Waals surface area contributed by atoms with Gasteiger partial charge in [0.1, 0.15) is 18.0 Å². The predicted molar refractivity (Wildman–Crippen MR) is 65.0 cm³/mol. The minimum atomic E-state index is 0.0654. The number of hydrogen-bond donors (Lipinski definition) is 1. The first-order valence-corrected chi connectivity index (χ1v) is 5.55. The van der Waals surface area contributed by atoms with Crippen molar-refractivity contribution in [3.8, 4) is 0 Å². The molecule has 94 valence electrons. The van der Waals surface area contributed by atoms with Crippen molar-refractivity contribution in [2.24, 2.45) is 0 Å². The second-order valence-electron chi connectivity index (χ2n) is 4.19. The van der Waals surface area contributed by atoms with E-state index in [2.05, 4.69) is 14.9 Å². The highest BCUT2D eigenvalue weighted by molar-refractivity contribution is 5.49. The molecular formula is C11H18N4O2. The highest BCUT2D eigenvalue weighted by Gasteiger charge is 2.34. The lowest BCUT2D eigenvalue weighted by Crippen LogP contribution is -2.27. The molecule has 1 aromatic heterocycles. The van der Waals surface area contributed by atoms with Crippen LogP contribution in [0.2, 0.25) is 0 Å². The van der Waals surface area contributed by atoms with Gasteiger partial charge in [-0.15, -0.1) is 0 Å². The summed E-state index contributed by atoms with van der Waals surface area (Å²) in [5.41, 5.74) is 6.62. The van der Waals surface area contributed by atoms with Crippen LogP contribution in [0.5, 0.6) is 0 Å². The molecular weight excluding hydrogens is 220 g/mol. The lowest BCUT2D eigenvalue weighted by Gasteiger charge is -2.18. The highest BCUT2D eigenvalue weighted by Crippen LogP contribution is 2.24. The van der Waals surface area contributed by atoms with Crippen molar-refractivity contribution >= 4 is 11.8 Å². The molecule has 0 saturated carbocycles. The van der Waals surface area contributed by atoms with Crippen molar-refractivity contribution in [2.75, 3.05) is 37.9 Å². The molecule has 1 aromatic rings. The van der Waals surface area contributed by atoms with Gasteiger partial charge >= 0.3 is 0 Å². The third kappa shape index (κ3) is 2.32. The number of methoxy groups -OCH3 is 2. The first-order valence-electron chi connectivity index (χ1n) is 5.55. The standard InChI is InChI=1S/C11H18N4O2/c1-7-4-13-11(12)14-10(7)15-5-8(16-2)9(6-15)17-3/h4,8-9H,5-6H2,1-3H3,(H2,12,13,14). The molecule has 2 heterocycles. The Bertz CT molecular complexity index is 387. The van der Waals surface area contributed by atoms with E-state index in [0.717, 1.165) is 24.5 Å². The normalized spacial score (nSPS) is 24.3. The number of aryl methyl sites for hydroxylation is 1. The summed E-state index contributed by atoms with van der Waals surface area (Å²) >= 11 is 0. The quantitative estimate of drug-likeness (QED) is 0.812. The van der Waals surface area contributed by atoms with Crippen LogP contribution in [0.1, 0.15) is 5.56 Å². The minimum Gasteiger partial charge on any atom is -0.377 e. The van der Waals surface area contributed by atoms with E-state index < -0.39 is 0 Å². The molecule has 0 spiro atoms. The first-order chi connectivity index (χ1) is 8.15. The molecule has 1 aliphatic rings. The molecule has 0 radical (unpaired) electrons. The maximum absolute atomic E-state index is 5.62. The molecule has 2 N–H and O–H groups in total. The van der Waals surface area contributed by atoms with E-state index in [1.165, 1.54) is 0 Å². The van der Waals surface area contributed by atoms with Crippen molar-refractivity contribution < 1.29 is 9.47 Å². The SMILES string of the molecule is COC1CN(c2nc(N)ncc2C)CC1OC. The summed E-state index contributed by atoms with van der Waals surface area (Å²) in [5, 5.41) is 0. The summed E-state index contributed by atoms with van der Waals surface area (Å²) in [6.45, 7) is 3.48. The van der Waals surface area contributed by atoms with Crippen molar-refractivity contribution in [3.05, 3.63) is 11.8 Å². The van der Waals surface area contributed by atoms with Crippen molar-refractivity contribution in [1.29, 1.82) is 0 Å². The zero-order valence-electron chi connectivity index (χ0n) is 10.4. The van der Waals surface area contributed by atoms with Crippen LogP contribution in [0.4, 0.5) is 11.8 Å². The number of rotatable bonds is 3. The molecule has 2 unspecified atom stereocenters. The van der Waals surface area contributed by atoms with Crippen LogP contribution in [0, 0.1) is 6.92 Å². The zero-order chi connectivity index (χ0) is 12.4. The lowest BCUT2D eigenvalue weighted by atomic mass is 10.3. The molecule has 17 heavy (non-hydrogen) atoms. The van der Waals surface area contributed by atoms with E-state index in [4.69, 9.17) is 15.2 Å². The van der Waals surface area contributed by atoms with Gasteiger partial charge in [0.25, 0.3) is 0 Å². The number of nitrogen functional groups attached to an aromatic ring is 1. The lowest BCUT2D eigenvalue weighted by molar-refractivity contribution is -0.00461. The second-order valence-corrected chi connectivity index (χ2v) is 4.19. The predicted octanol–water partition coefficient (Wildman–Crippen LogP) is 0.217. The van der Waals surface area contributed by atoms with Gasteiger partial charge in [0.15, 0.2) is 0 Å². The molecule has 0 bridgehead atoms. The first kappa shape index (κ1) is 12.1. The Labute approximate surface area is 101 Å². The summed E-state index contributed by atoms with van der Waals surface area (Å²) in [6.07, 6.45) is 1.87. The zero-order valence-corrected chi connectivity index (χ0v) is 10.4. The molecule has 0 aliphatic carbocycles. The van der Waals surface area contributed by atoms with Crippen LogP contribution in [0.15, 0.2) is 6.20 Å². The van der Waals surface area contributed by atoms with E-state index in [1.54, 1.807) is 20.4 Å². The van der Waals surface area contributed by atoms with E-state index in [0.29, 0.717) is 5.95 Å². The van der Waals surface area contributed by atoms with Crippen LogP contribution in [-0.4, -0.2) is 49.5 Å². The molecule has 2 rings (SSSR count). The van der Waals surface area contributed by atoms with E-state index in [1.807, 2.05) is 6.92 Å². The van der Waals surface area contributed by atoms with Crippen LogP contribution < -0.4 is 10.6 Å². The molecule has 1 saturated heterocycles. The van der Waals surface area contributed by atoms with Gasteiger partial charge in [-0.3, -0.25) is 0 Å². The summed E-state index contributed by atoms with van der Waals surface area (Å²) in [7, 11) is 3.39. The molecule has 6 heteroatoms. The molecule has 0 aromatic carbocycles. The number of ether oxygens (including phenoxy) is 2. The fraction of sp³-hybridized carbons (Fsp3) is 0.636. The van der Waals surface area contributed by atoms with Crippen molar-refractivity contribution in [2.45, 2.75) is 19.1 Å². The van der Waals surface area contributed by atoms with Gasteiger partial charge in [0.05, 0.1) is 0 Å². The average molecular weight is 238 g/mol. The van der Waals surface area contributed by atoms with Crippen molar-refractivity contribution in [3.63, 3.8) is 0 Å². The van der Waals surface area contributed by atoms with Crippen LogP contribution in [0.25, 0.3) is 0 Å². The minimum absolute atomic E-state index is 0.0654. The molecule has 1 aliphatic heterocycles. The van der Waals surface area contributed by atoms with Crippen LogP contribution >= 0.6 is 0 Å². The summed E-state index contributed by atoms with van der Waals surface area (Å²) in [5.74, 6) is 1.15. The molecule has 1 fully saturated rings. The Hall–Kier alpha value is -1.40. The largest absolute Gasteiger partial charge is 0.377 e. The Morgan fingerprint density at radius 2 is 1.88 bits per heavy atom.